The number of methoxy groups -OCH3 is 1. The molecule has 17 nitrogen and oxygen atoms in total. The average Bonchev–Trinajstić information content (AvgIpc) is 3.91. The lowest BCUT2D eigenvalue weighted by atomic mass is 9.90. The number of aromatic nitrogens is 3. The Morgan fingerprint density at radius 2 is 1.74 bits per heavy atom. The van der Waals surface area contributed by atoms with Gasteiger partial charge in [-0.25, -0.2) is 14.8 Å². The molecule has 6 rings (SSSR count). The largest absolute Gasteiger partial charge is 0.573 e. The molecule has 2 aromatic carbocycles. The van der Waals surface area contributed by atoms with Crippen molar-refractivity contribution in [2.24, 2.45) is 17.3 Å². The van der Waals surface area contributed by atoms with Crippen LogP contribution >= 0.6 is 11.6 Å². The van der Waals surface area contributed by atoms with E-state index in [1.54, 1.807) is 30.9 Å². The molecule has 2 aliphatic heterocycles. The van der Waals surface area contributed by atoms with Crippen LogP contribution in [0.2, 0.25) is 5.02 Å². The Morgan fingerprint density at radius 3 is 2.37 bits per heavy atom. The molecule has 0 unspecified atom stereocenters. The number of benzene rings is 2. The van der Waals surface area contributed by atoms with Crippen LogP contribution in [0.25, 0.3) is 22.4 Å². The van der Waals surface area contributed by atoms with Crippen LogP contribution in [0.5, 0.6) is 5.75 Å². The van der Waals surface area contributed by atoms with E-state index in [-0.39, 0.29) is 64.2 Å². The summed E-state index contributed by atoms with van der Waals surface area (Å²) in [7, 11) is 1.23. The van der Waals surface area contributed by atoms with Gasteiger partial charge in [-0.1, -0.05) is 42.8 Å². The lowest BCUT2D eigenvalue weighted by Crippen LogP contribution is -2.53. The number of rotatable bonds is 16. The van der Waals surface area contributed by atoms with Crippen molar-refractivity contribution in [3.05, 3.63) is 76.8 Å². The highest BCUT2D eigenvalue weighted by atomic mass is 35.5. The number of H-pyrrole nitrogens is 1. The molecule has 7 N–H and O–H groups in total. The highest BCUT2D eigenvalue weighted by molar-refractivity contribution is 6.34. The van der Waals surface area contributed by atoms with Crippen LogP contribution in [-0.2, 0) is 25.7 Å². The van der Waals surface area contributed by atoms with Crippen LogP contribution in [0.3, 0.4) is 0 Å². The summed E-state index contributed by atoms with van der Waals surface area (Å²) in [6.07, 6.45) is -2.87. The van der Waals surface area contributed by atoms with Crippen molar-refractivity contribution in [3.8, 4) is 28.1 Å². The molecule has 0 spiro atoms. The monoisotopic (exact) mass is 928 g/mol. The molecule has 21 heteroatoms. The number of carbonyl (C=O) groups is 4. The first-order valence-electron chi connectivity index (χ1n) is 20.9. The Bertz CT molecular complexity index is 2320. The Kier molecular flexibility index (Phi) is 15.6. The molecule has 3 atom stereocenters. The number of nitrogens with one attached hydrogen (secondary N) is 5. The van der Waals surface area contributed by atoms with E-state index < -0.39 is 48.2 Å². The second-order valence-electron chi connectivity index (χ2n) is 16.6. The third-order valence-corrected chi connectivity index (χ3v) is 11.6. The number of aromatic amines is 1. The molecule has 350 valence electrons. The predicted molar refractivity (Wildman–Crippen MR) is 233 cm³/mol. The number of alkyl halides is 3. The minimum absolute atomic E-state index is 0.0380. The minimum Gasteiger partial charge on any atom is -0.453 e. The van der Waals surface area contributed by atoms with Crippen LogP contribution in [0.15, 0.2) is 54.7 Å². The number of hydrogen-bond donors (Lipinski definition) is 7. The van der Waals surface area contributed by atoms with Gasteiger partial charge in [-0.05, 0) is 68.7 Å². The number of halogens is 4. The van der Waals surface area contributed by atoms with E-state index in [1.807, 2.05) is 6.92 Å². The fraction of sp³-hybridized carbons (Fsp3) is 0.455. The molecule has 0 saturated carbocycles. The number of amides is 4. The first-order chi connectivity index (χ1) is 30.9. The van der Waals surface area contributed by atoms with Crippen LogP contribution in [0, 0.1) is 17.3 Å². The van der Waals surface area contributed by atoms with Crippen LogP contribution < -0.4 is 26.0 Å². The number of anilines is 2. The summed E-state index contributed by atoms with van der Waals surface area (Å²) in [5.41, 5.74) is 0.434. The van der Waals surface area contributed by atoms with Gasteiger partial charge in [-0.2, -0.15) is 0 Å². The Labute approximate surface area is 377 Å². The summed E-state index contributed by atoms with van der Waals surface area (Å²) in [6, 6.07) is 10.1. The molecule has 0 radical (unpaired) electrons. The van der Waals surface area contributed by atoms with Gasteiger partial charge >= 0.3 is 12.5 Å². The number of likely N-dealkylation sites (tertiary alicyclic amines) is 1. The fourth-order valence-corrected chi connectivity index (χ4v) is 7.89. The van der Waals surface area contributed by atoms with Gasteiger partial charge in [0.05, 0.1) is 59.4 Å². The standard InChI is InChI=1S/C44H52ClF3N8O9/c1-24-17-33(56(21-24)40(60)37(55-42(62)63-4)27-11-15-64-16-12-27)38-52-32(22-57)36(54-38)26-7-5-25(6-8-26)29-18-30(45)31(19-34(29)65-44(46,47)48)53-39(59)28-9-10-35(51-20-28)49-13-14-50-41(61)43(2,3)23-58/h5-10,18-20,24,27,33,37,57-58H,11-17,21-23H2,1-4H3,(H,49,51)(H,50,61)(H,52,54)(H,53,59)(H,55,62)/t24-,33-,37-/m0/s1. The van der Waals surface area contributed by atoms with Gasteiger partial charge in [0.15, 0.2) is 0 Å². The zero-order valence-electron chi connectivity index (χ0n) is 36.2. The van der Waals surface area contributed by atoms with Crippen LogP contribution in [0.1, 0.15) is 68.0 Å². The number of aliphatic hydroxyl groups is 2. The molecule has 2 fully saturated rings. The number of carbonyl (C=O) groups excluding carboxylic acids is 4. The Morgan fingerprint density at radius 1 is 1.03 bits per heavy atom. The first kappa shape index (κ1) is 48.5. The van der Waals surface area contributed by atoms with E-state index in [0.717, 1.165) is 6.07 Å². The summed E-state index contributed by atoms with van der Waals surface area (Å²) in [4.78, 5) is 65.7. The number of hydrogen-bond acceptors (Lipinski definition) is 12. The first-order valence-corrected chi connectivity index (χ1v) is 21.3. The number of ether oxygens (including phenoxy) is 3. The maximum absolute atomic E-state index is 14.2. The molecule has 0 aliphatic carbocycles. The van der Waals surface area contributed by atoms with Crippen molar-refractivity contribution in [1.82, 2.24) is 30.5 Å². The molecular formula is C44H52ClF3N8O9. The van der Waals surface area contributed by atoms with Gasteiger partial charge in [0, 0.05) is 56.2 Å². The zero-order chi connectivity index (χ0) is 47.1. The summed E-state index contributed by atoms with van der Waals surface area (Å²) >= 11 is 6.56. The summed E-state index contributed by atoms with van der Waals surface area (Å²) in [5.74, 6) is -1.24. The van der Waals surface area contributed by atoms with Gasteiger partial charge in [0.1, 0.15) is 23.4 Å². The quantitative estimate of drug-likeness (QED) is 0.0638. The number of aliphatic hydroxyl groups excluding tert-OH is 2. The smallest absolute Gasteiger partial charge is 0.453 e. The summed E-state index contributed by atoms with van der Waals surface area (Å²) in [5, 5.41) is 30.6. The van der Waals surface area contributed by atoms with Gasteiger partial charge in [0.25, 0.3) is 5.91 Å². The predicted octanol–water partition coefficient (Wildman–Crippen LogP) is 6.04. The van der Waals surface area contributed by atoms with E-state index in [4.69, 9.17) is 26.1 Å². The molecule has 2 aliphatic rings. The Hall–Kier alpha value is -5.96. The lowest BCUT2D eigenvalue weighted by molar-refractivity contribution is -0.274. The minimum atomic E-state index is -5.11. The van der Waals surface area contributed by atoms with Crippen molar-refractivity contribution in [3.63, 3.8) is 0 Å². The van der Waals surface area contributed by atoms with Crippen molar-refractivity contribution in [1.29, 1.82) is 0 Å². The van der Waals surface area contributed by atoms with E-state index >= 15 is 0 Å². The van der Waals surface area contributed by atoms with Crippen molar-refractivity contribution in [2.75, 3.05) is 57.2 Å². The SMILES string of the molecule is COC(=O)N[C@H](C(=O)N1C[C@@H](C)C[C@H]1c1nc(-c2ccc(-c3cc(Cl)c(NC(=O)c4ccc(NCCNC(=O)C(C)(C)CO)nc4)cc3OC(F)(F)F)cc2)c(CO)[nH]1)C1CCOCC1. The van der Waals surface area contributed by atoms with E-state index in [2.05, 4.69) is 36.0 Å². The van der Waals surface area contributed by atoms with E-state index in [1.165, 1.54) is 43.6 Å². The van der Waals surface area contributed by atoms with Crippen molar-refractivity contribution < 1.29 is 56.8 Å². The zero-order valence-corrected chi connectivity index (χ0v) is 36.9. The second kappa shape index (κ2) is 20.9. The van der Waals surface area contributed by atoms with Gasteiger partial charge in [-0.15, -0.1) is 13.2 Å². The number of imidazole rings is 1. The fourth-order valence-electron chi connectivity index (χ4n) is 7.68. The number of pyridine rings is 1. The maximum atomic E-state index is 14.2. The number of alkyl carbamates (subject to hydrolysis) is 1. The number of nitrogens with zero attached hydrogens (tertiary/aromatic N) is 3. The molecule has 0 bridgehead atoms. The third-order valence-electron chi connectivity index (χ3n) is 11.3. The van der Waals surface area contributed by atoms with Gasteiger partial charge in [-0.3, -0.25) is 14.4 Å². The Balaban J connectivity index is 1.18. The van der Waals surface area contributed by atoms with E-state index in [0.29, 0.717) is 74.2 Å². The van der Waals surface area contributed by atoms with Crippen molar-refractivity contribution in [2.45, 2.75) is 65.1 Å². The molecule has 2 saturated heterocycles. The van der Waals surface area contributed by atoms with E-state index in [9.17, 15) is 42.6 Å². The second-order valence-corrected chi connectivity index (χ2v) is 17.0. The lowest BCUT2D eigenvalue weighted by Gasteiger charge is -2.34. The van der Waals surface area contributed by atoms with Crippen LogP contribution in [0.4, 0.5) is 29.5 Å². The topological polar surface area (TPSA) is 229 Å². The van der Waals surface area contributed by atoms with Gasteiger partial charge in [0.2, 0.25) is 11.8 Å². The molecule has 4 heterocycles. The normalized spacial score (nSPS) is 17.3. The molecule has 4 amide bonds. The molecule has 2 aromatic heterocycles. The summed E-state index contributed by atoms with van der Waals surface area (Å²) < 4.78 is 56.1. The molecule has 4 aromatic rings. The highest BCUT2D eigenvalue weighted by Gasteiger charge is 2.42. The average molecular weight is 929 g/mol. The summed E-state index contributed by atoms with van der Waals surface area (Å²) in [6.45, 7) is 6.32. The highest BCUT2D eigenvalue weighted by Crippen LogP contribution is 2.42. The third kappa shape index (κ3) is 12.0. The van der Waals surface area contributed by atoms with Crippen molar-refractivity contribution >= 4 is 46.9 Å². The van der Waals surface area contributed by atoms with Gasteiger partial charge < -0.3 is 55.6 Å². The maximum Gasteiger partial charge on any atom is 0.573 e. The molecule has 65 heavy (non-hydrogen) atoms. The van der Waals surface area contributed by atoms with Crippen LogP contribution in [-0.4, -0.2) is 113 Å². The molecular weight excluding hydrogens is 877 g/mol.